The number of benzene rings is 1. The second kappa shape index (κ2) is 6.04. The van der Waals surface area contributed by atoms with E-state index in [1.165, 1.54) is 24.8 Å². The van der Waals surface area contributed by atoms with Gasteiger partial charge >= 0.3 is 0 Å². The van der Waals surface area contributed by atoms with Crippen molar-refractivity contribution in [2.24, 2.45) is 5.92 Å². The van der Waals surface area contributed by atoms with Gasteiger partial charge in [-0.05, 0) is 68.1 Å². The Hall–Kier alpha value is -1.22. The molecule has 3 heteroatoms. The van der Waals surface area contributed by atoms with Gasteiger partial charge in [-0.15, -0.1) is 0 Å². The maximum atomic E-state index is 9.02. The quantitative estimate of drug-likeness (QED) is 0.864. The predicted octanol–water partition coefficient (Wildman–Crippen LogP) is 3.50. The van der Waals surface area contributed by atoms with Crippen LogP contribution in [0.3, 0.4) is 0 Å². The molecule has 20 heavy (non-hydrogen) atoms. The highest BCUT2D eigenvalue weighted by molar-refractivity contribution is 5.45. The minimum absolute atomic E-state index is 0.294. The summed E-state index contributed by atoms with van der Waals surface area (Å²) in [4.78, 5) is 0. The van der Waals surface area contributed by atoms with Gasteiger partial charge in [-0.1, -0.05) is 6.07 Å². The first-order valence-electron chi connectivity index (χ1n) is 7.77. The second-order valence-corrected chi connectivity index (χ2v) is 6.05. The zero-order chi connectivity index (χ0) is 13.9. The van der Waals surface area contributed by atoms with Crippen LogP contribution in [0.2, 0.25) is 0 Å². The Morgan fingerprint density at radius 2 is 2.00 bits per heavy atom. The summed E-state index contributed by atoms with van der Waals surface area (Å²) in [5.41, 5.74) is 1.33. The van der Waals surface area contributed by atoms with Gasteiger partial charge in [0.2, 0.25) is 0 Å². The molecule has 1 aromatic carbocycles. The van der Waals surface area contributed by atoms with Crippen molar-refractivity contribution in [1.82, 2.24) is 0 Å². The zero-order valence-electron chi connectivity index (χ0n) is 12.2. The number of rotatable bonds is 6. The van der Waals surface area contributed by atoms with Gasteiger partial charge in [0.1, 0.15) is 0 Å². The molecule has 0 aromatic heterocycles. The minimum atomic E-state index is 0.294. The Kier molecular flexibility index (Phi) is 4.16. The molecule has 0 saturated heterocycles. The van der Waals surface area contributed by atoms with E-state index in [9.17, 15) is 0 Å². The normalized spacial score (nSPS) is 25.7. The van der Waals surface area contributed by atoms with Crippen molar-refractivity contribution in [1.29, 1.82) is 0 Å². The number of methoxy groups -OCH3 is 1. The monoisotopic (exact) mass is 276 g/mol. The van der Waals surface area contributed by atoms with Gasteiger partial charge in [0.05, 0.1) is 13.2 Å². The largest absolute Gasteiger partial charge is 0.493 e. The van der Waals surface area contributed by atoms with Crippen LogP contribution < -0.4 is 9.47 Å². The number of ether oxygens (including phenoxy) is 2. The van der Waals surface area contributed by atoms with Crippen LogP contribution in [-0.4, -0.2) is 24.9 Å². The summed E-state index contributed by atoms with van der Waals surface area (Å²) in [5, 5.41) is 9.02. The van der Waals surface area contributed by atoms with Crippen molar-refractivity contribution in [2.75, 3.05) is 13.7 Å². The van der Waals surface area contributed by atoms with Crippen molar-refractivity contribution in [3.63, 3.8) is 0 Å². The van der Waals surface area contributed by atoms with E-state index in [1.54, 1.807) is 7.11 Å². The van der Waals surface area contributed by atoms with Crippen LogP contribution in [0.15, 0.2) is 18.2 Å². The average Bonchev–Trinajstić information content (AvgIpc) is 3.04. The van der Waals surface area contributed by atoms with Crippen LogP contribution in [0, 0.1) is 5.92 Å². The second-order valence-electron chi connectivity index (χ2n) is 6.05. The number of aliphatic hydroxyl groups is 1. The zero-order valence-corrected chi connectivity index (χ0v) is 12.2. The lowest BCUT2D eigenvalue weighted by Crippen LogP contribution is -2.11. The Morgan fingerprint density at radius 3 is 2.70 bits per heavy atom. The van der Waals surface area contributed by atoms with Gasteiger partial charge in [0, 0.05) is 6.61 Å². The van der Waals surface area contributed by atoms with E-state index in [0.29, 0.717) is 24.5 Å². The molecule has 3 rings (SSSR count). The topological polar surface area (TPSA) is 38.7 Å². The fourth-order valence-corrected chi connectivity index (χ4v) is 3.34. The van der Waals surface area contributed by atoms with E-state index >= 15 is 0 Å². The van der Waals surface area contributed by atoms with E-state index < -0.39 is 0 Å². The van der Waals surface area contributed by atoms with Crippen LogP contribution in [0.5, 0.6) is 11.5 Å². The molecular weight excluding hydrogens is 252 g/mol. The van der Waals surface area contributed by atoms with E-state index in [-0.39, 0.29) is 0 Å². The van der Waals surface area contributed by atoms with Crippen molar-refractivity contribution in [3.8, 4) is 11.5 Å². The molecule has 1 aromatic rings. The van der Waals surface area contributed by atoms with Gasteiger partial charge in [-0.25, -0.2) is 0 Å². The molecule has 2 fully saturated rings. The third-order valence-electron chi connectivity index (χ3n) is 4.63. The van der Waals surface area contributed by atoms with E-state index in [2.05, 4.69) is 12.1 Å². The molecular formula is C17H24O3. The van der Waals surface area contributed by atoms with Gasteiger partial charge in [0.25, 0.3) is 0 Å². The first kappa shape index (κ1) is 13.7. The Bertz CT molecular complexity index is 452. The summed E-state index contributed by atoms with van der Waals surface area (Å²) in [6, 6.07) is 6.32. The van der Waals surface area contributed by atoms with Gasteiger partial charge in [0.15, 0.2) is 11.5 Å². The lowest BCUT2D eigenvalue weighted by molar-refractivity contribution is 0.200. The summed E-state index contributed by atoms with van der Waals surface area (Å²) < 4.78 is 11.6. The average molecular weight is 276 g/mol. The molecule has 0 aliphatic heterocycles. The Balaban J connectivity index is 1.73. The number of hydrogen-bond acceptors (Lipinski definition) is 3. The molecule has 0 unspecified atom stereocenters. The highest BCUT2D eigenvalue weighted by Crippen LogP contribution is 2.50. The molecule has 2 atom stereocenters. The minimum Gasteiger partial charge on any atom is -0.493 e. The van der Waals surface area contributed by atoms with Crippen molar-refractivity contribution in [3.05, 3.63) is 23.8 Å². The van der Waals surface area contributed by atoms with Gasteiger partial charge < -0.3 is 14.6 Å². The molecule has 1 N–H and O–H groups in total. The molecule has 0 spiro atoms. The highest BCUT2D eigenvalue weighted by Gasteiger charge is 2.37. The van der Waals surface area contributed by atoms with Crippen LogP contribution >= 0.6 is 0 Å². The smallest absolute Gasteiger partial charge is 0.161 e. The number of aliphatic hydroxyl groups excluding tert-OH is 1. The maximum Gasteiger partial charge on any atom is 0.161 e. The Morgan fingerprint density at radius 1 is 1.20 bits per heavy atom. The van der Waals surface area contributed by atoms with E-state index in [0.717, 1.165) is 30.8 Å². The molecule has 3 nitrogen and oxygen atoms in total. The molecule has 0 bridgehead atoms. The summed E-state index contributed by atoms with van der Waals surface area (Å²) in [6.07, 6.45) is 7.31. The van der Waals surface area contributed by atoms with Gasteiger partial charge in [-0.2, -0.15) is 0 Å². The molecule has 2 aliphatic rings. The number of hydrogen-bond donors (Lipinski definition) is 1. The SMILES string of the molecule is COc1ccc([C@H]2C[C@@H]2CCO)cc1OC1CCCC1. The Labute approximate surface area is 120 Å². The summed E-state index contributed by atoms with van der Waals surface area (Å²) in [6.45, 7) is 0.294. The van der Waals surface area contributed by atoms with Crippen LogP contribution in [0.4, 0.5) is 0 Å². The molecule has 2 aliphatic carbocycles. The highest BCUT2D eigenvalue weighted by atomic mass is 16.5. The predicted molar refractivity (Wildman–Crippen MR) is 78.4 cm³/mol. The molecule has 0 heterocycles. The molecule has 0 radical (unpaired) electrons. The van der Waals surface area contributed by atoms with Crippen LogP contribution in [0.1, 0.15) is 50.0 Å². The van der Waals surface area contributed by atoms with Crippen molar-refractivity contribution < 1.29 is 14.6 Å². The first-order valence-corrected chi connectivity index (χ1v) is 7.77. The fourth-order valence-electron chi connectivity index (χ4n) is 3.34. The molecule has 110 valence electrons. The maximum absolute atomic E-state index is 9.02. The van der Waals surface area contributed by atoms with E-state index in [1.807, 2.05) is 6.07 Å². The summed E-state index contributed by atoms with van der Waals surface area (Å²) in [5.74, 6) is 2.97. The summed E-state index contributed by atoms with van der Waals surface area (Å²) >= 11 is 0. The van der Waals surface area contributed by atoms with Crippen molar-refractivity contribution >= 4 is 0 Å². The fraction of sp³-hybridized carbons (Fsp3) is 0.647. The van der Waals surface area contributed by atoms with Gasteiger partial charge in [-0.3, -0.25) is 0 Å². The summed E-state index contributed by atoms with van der Waals surface area (Å²) in [7, 11) is 1.70. The first-order chi connectivity index (χ1) is 9.81. The molecule has 2 saturated carbocycles. The third-order valence-corrected chi connectivity index (χ3v) is 4.63. The lowest BCUT2D eigenvalue weighted by atomic mass is 10.1. The van der Waals surface area contributed by atoms with Crippen LogP contribution in [-0.2, 0) is 0 Å². The third kappa shape index (κ3) is 2.93. The van der Waals surface area contributed by atoms with Crippen LogP contribution in [0.25, 0.3) is 0 Å². The molecule has 0 amide bonds. The van der Waals surface area contributed by atoms with E-state index in [4.69, 9.17) is 14.6 Å². The standard InChI is InChI=1S/C17H24O3/c1-19-16-7-6-12(15-10-13(15)8-9-18)11-17(16)20-14-4-2-3-5-14/h6-7,11,13-15,18H,2-5,8-10H2,1H3/t13-,15+/m0/s1. The van der Waals surface area contributed by atoms with Crippen molar-refractivity contribution in [2.45, 2.75) is 50.5 Å². The lowest BCUT2D eigenvalue weighted by Gasteiger charge is -2.17.